The van der Waals surface area contributed by atoms with E-state index in [1.54, 1.807) is 0 Å². The highest BCUT2D eigenvalue weighted by atomic mass is 28.3. The number of pyridine rings is 1. The second-order valence-electron chi connectivity index (χ2n) is 11.1. The molecule has 1 aliphatic rings. The third kappa shape index (κ3) is 6.71. The Balaban J connectivity index is 1.82. The highest BCUT2D eigenvalue weighted by Crippen LogP contribution is 2.39. The number of rotatable bonds is 9. The van der Waals surface area contributed by atoms with Gasteiger partial charge in [-0.05, 0) is 51.6 Å². The molecule has 7 nitrogen and oxygen atoms in total. The smallest absolute Gasteiger partial charge is 0.391 e. The van der Waals surface area contributed by atoms with Crippen LogP contribution in [0.25, 0.3) is 22.3 Å². The number of aryl methyl sites for hydroxylation is 2. The Kier molecular flexibility index (Phi) is 6.73. The standard InChI is InChI=1S/C27H36F4N4O3Si/c1-6-35-22(36)12-11-21-25(35)20(15-34(21)16-37-13-14-39(3,4)5)24-23(28)26(33-17(2)32-24)38-19-9-7-18(8-10-19)27(29,30)31/h11-12,15,18-19H,6-10,13-14,16H2,1-5H3/i1D3,6D2. The van der Waals surface area contributed by atoms with E-state index in [9.17, 15) is 18.0 Å². The number of hydrogen-bond acceptors (Lipinski definition) is 5. The summed E-state index contributed by atoms with van der Waals surface area (Å²) < 4.78 is 109. The molecule has 3 heterocycles. The highest BCUT2D eigenvalue weighted by Gasteiger charge is 2.42. The SMILES string of the molecule is [2H]C([2H])([2H])C([2H])([2H])n1c(=O)ccc2c1c(-c1nc(C)nc(OC3CCC(C(F)(F)F)CC3)c1F)cn2COCC[Si](C)(C)C. The summed E-state index contributed by atoms with van der Waals surface area (Å²) in [5, 5.41) is 0. The van der Waals surface area contributed by atoms with E-state index in [0.717, 1.165) is 12.1 Å². The Morgan fingerprint density at radius 2 is 1.90 bits per heavy atom. The lowest BCUT2D eigenvalue weighted by atomic mass is 9.87. The van der Waals surface area contributed by atoms with E-state index in [0.29, 0.717) is 11.2 Å². The van der Waals surface area contributed by atoms with Crippen LogP contribution in [0.4, 0.5) is 17.6 Å². The van der Waals surface area contributed by atoms with Gasteiger partial charge in [0.05, 0.1) is 17.0 Å². The summed E-state index contributed by atoms with van der Waals surface area (Å²) in [5.41, 5.74) is -1.48. The molecule has 0 atom stereocenters. The molecule has 0 spiro atoms. The first-order chi connectivity index (χ1) is 20.2. The van der Waals surface area contributed by atoms with Crippen LogP contribution in [-0.4, -0.2) is 46.1 Å². The first kappa shape index (κ1) is 23.0. The Hall–Kier alpha value is -2.73. The fourth-order valence-corrected chi connectivity index (χ4v) is 5.45. The number of fused-ring (bicyclic) bond motifs is 1. The van der Waals surface area contributed by atoms with Gasteiger partial charge in [0, 0.05) is 45.9 Å². The Labute approximate surface area is 233 Å². The number of ether oxygens (including phenoxy) is 2. The summed E-state index contributed by atoms with van der Waals surface area (Å²) in [6.07, 6.45) is -3.93. The molecule has 12 heteroatoms. The molecule has 1 aliphatic carbocycles. The molecule has 0 bridgehead atoms. The maximum atomic E-state index is 16.1. The van der Waals surface area contributed by atoms with E-state index >= 15 is 4.39 Å². The molecule has 4 rings (SSSR count). The highest BCUT2D eigenvalue weighted by molar-refractivity contribution is 6.76. The minimum Gasteiger partial charge on any atom is -0.472 e. The topological polar surface area (TPSA) is 71.2 Å². The molecule has 3 aromatic rings. The second kappa shape index (κ2) is 11.4. The van der Waals surface area contributed by atoms with E-state index in [1.165, 1.54) is 23.8 Å². The van der Waals surface area contributed by atoms with Crippen molar-refractivity contribution in [1.29, 1.82) is 0 Å². The lowest BCUT2D eigenvalue weighted by Gasteiger charge is -2.30. The van der Waals surface area contributed by atoms with Gasteiger partial charge in [-0.25, -0.2) is 4.98 Å². The van der Waals surface area contributed by atoms with Crippen molar-refractivity contribution >= 4 is 19.1 Å². The Morgan fingerprint density at radius 1 is 1.18 bits per heavy atom. The van der Waals surface area contributed by atoms with Gasteiger partial charge in [0.1, 0.15) is 24.4 Å². The first-order valence-electron chi connectivity index (χ1n) is 15.3. The molecule has 1 saturated carbocycles. The summed E-state index contributed by atoms with van der Waals surface area (Å²) in [6.45, 7) is 1.86. The molecule has 0 N–H and O–H groups in total. The zero-order chi connectivity index (χ0) is 32.8. The predicted molar refractivity (Wildman–Crippen MR) is 144 cm³/mol. The van der Waals surface area contributed by atoms with Crippen molar-refractivity contribution in [2.24, 2.45) is 5.92 Å². The van der Waals surface area contributed by atoms with Crippen LogP contribution in [0, 0.1) is 18.7 Å². The van der Waals surface area contributed by atoms with E-state index in [1.807, 2.05) is 0 Å². The molecule has 214 valence electrons. The van der Waals surface area contributed by atoms with Crippen LogP contribution in [0.5, 0.6) is 5.88 Å². The summed E-state index contributed by atoms with van der Waals surface area (Å²) in [5.74, 6) is -3.00. The fourth-order valence-electron chi connectivity index (χ4n) is 4.69. The van der Waals surface area contributed by atoms with Crippen LogP contribution in [0.3, 0.4) is 0 Å². The fraction of sp³-hybridized carbons (Fsp3) is 0.593. The number of aromatic nitrogens is 4. The van der Waals surface area contributed by atoms with E-state index in [4.69, 9.17) is 16.3 Å². The molecule has 0 aliphatic heterocycles. The van der Waals surface area contributed by atoms with Crippen LogP contribution in [-0.2, 0) is 18.0 Å². The van der Waals surface area contributed by atoms with Gasteiger partial charge in [-0.2, -0.15) is 22.5 Å². The number of nitrogens with zero attached hydrogens (tertiary/aromatic N) is 4. The van der Waals surface area contributed by atoms with Gasteiger partial charge in [0.25, 0.3) is 11.4 Å². The molecule has 0 amide bonds. The summed E-state index contributed by atoms with van der Waals surface area (Å²) in [7, 11) is -1.44. The summed E-state index contributed by atoms with van der Waals surface area (Å²) >= 11 is 0. The average Bonchev–Trinajstić information content (AvgIpc) is 3.25. The monoisotopic (exact) mass is 573 g/mol. The Morgan fingerprint density at radius 3 is 2.54 bits per heavy atom. The number of hydrogen-bond donors (Lipinski definition) is 0. The van der Waals surface area contributed by atoms with Gasteiger partial charge in [0.15, 0.2) is 0 Å². The van der Waals surface area contributed by atoms with E-state index in [2.05, 4.69) is 29.6 Å². The van der Waals surface area contributed by atoms with Crippen LogP contribution >= 0.6 is 0 Å². The van der Waals surface area contributed by atoms with Crippen molar-refractivity contribution in [3.05, 3.63) is 40.3 Å². The number of alkyl halides is 3. The zero-order valence-electron chi connectivity index (χ0n) is 27.4. The maximum absolute atomic E-state index is 16.1. The lowest BCUT2D eigenvalue weighted by Crippen LogP contribution is -2.32. The van der Waals surface area contributed by atoms with E-state index in [-0.39, 0.29) is 60.5 Å². The van der Waals surface area contributed by atoms with Crippen molar-refractivity contribution in [2.75, 3.05) is 6.61 Å². The van der Waals surface area contributed by atoms with Crippen LogP contribution in [0.15, 0.2) is 23.1 Å². The van der Waals surface area contributed by atoms with Gasteiger partial charge in [0.2, 0.25) is 5.82 Å². The van der Waals surface area contributed by atoms with Gasteiger partial charge in [-0.15, -0.1) is 0 Å². The zero-order valence-corrected chi connectivity index (χ0v) is 23.4. The second-order valence-corrected chi connectivity index (χ2v) is 16.7. The molecular weight excluding hydrogens is 532 g/mol. The quantitative estimate of drug-likeness (QED) is 0.165. The lowest BCUT2D eigenvalue weighted by molar-refractivity contribution is -0.185. The van der Waals surface area contributed by atoms with Crippen molar-refractivity contribution in [3.63, 3.8) is 0 Å². The minimum atomic E-state index is -4.32. The maximum Gasteiger partial charge on any atom is 0.391 e. The van der Waals surface area contributed by atoms with Crippen LogP contribution in [0.2, 0.25) is 25.7 Å². The van der Waals surface area contributed by atoms with Crippen molar-refractivity contribution in [1.82, 2.24) is 19.1 Å². The molecular formula is C27H36F4N4O3Si. The molecule has 0 radical (unpaired) electrons. The van der Waals surface area contributed by atoms with Crippen molar-refractivity contribution < 1.29 is 33.9 Å². The van der Waals surface area contributed by atoms with Crippen molar-refractivity contribution in [3.8, 4) is 17.1 Å². The minimum absolute atomic E-state index is 0.0361. The largest absolute Gasteiger partial charge is 0.472 e. The molecule has 0 aromatic carbocycles. The van der Waals surface area contributed by atoms with Gasteiger partial charge in [-0.1, -0.05) is 19.6 Å². The number of halogens is 4. The summed E-state index contributed by atoms with van der Waals surface area (Å²) in [4.78, 5) is 21.3. The third-order valence-corrected chi connectivity index (χ3v) is 8.57. The van der Waals surface area contributed by atoms with Gasteiger partial charge < -0.3 is 18.6 Å². The average molecular weight is 574 g/mol. The van der Waals surface area contributed by atoms with Crippen LogP contribution < -0.4 is 10.3 Å². The predicted octanol–water partition coefficient (Wildman–Crippen LogP) is 6.54. The summed E-state index contributed by atoms with van der Waals surface area (Å²) in [6, 6.07) is 3.25. The normalized spacial score (nSPS) is 21.2. The molecule has 1 fully saturated rings. The third-order valence-electron chi connectivity index (χ3n) is 6.86. The molecule has 0 saturated heterocycles. The molecule has 0 unspecified atom stereocenters. The Bertz CT molecular complexity index is 1560. The van der Waals surface area contributed by atoms with Crippen molar-refractivity contribution in [2.45, 2.75) is 90.7 Å². The van der Waals surface area contributed by atoms with Crippen LogP contribution in [0.1, 0.15) is 45.2 Å². The molecule has 3 aromatic heterocycles. The molecule has 39 heavy (non-hydrogen) atoms. The van der Waals surface area contributed by atoms with Gasteiger partial charge in [-0.3, -0.25) is 4.79 Å². The van der Waals surface area contributed by atoms with Gasteiger partial charge >= 0.3 is 6.18 Å². The first-order valence-corrected chi connectivity index (χ1v) is 16.5. The van der Waals surface area contributed by atoms with E-state index < -0.39 is 56.9 Å².